The molecule has 3 heterocycles. The van der Waals surface area contributed by atoms with Crippen molar-refractivity contribution >= 4 is 45.8 Å². The van der Waals surface area contributed by atoms with Crippen LogP contribution in [0, 0.1) is 5.92 Å². The minimum atomic E-state index is -3.92. The van der Waals surface area contributed by atoms with Crippen molar-refractivity contribution in [1.82, 2.24) is 30.5 Å². The van der Waals surface area contributed by atoms with Gasteiger partial charge in [0.25, 0.3) is 11.8 Å². The molecule has 16 nitrogen and oxygen atoms in total. The molecule has 17 heteroatoms. The van der Waals surface area contributed by atoms with Gasteiger partial charge >= 0.3 is 12.2 Å². The van der Waals surface area contributed by atoms with Gasteiger partial charge in [-0.3, -0.25) is 28.8 Å². The van der Waals surface area contributed by atoms with Gasteiger partial charge in [0, 0.05) is 37.5 Å². The van der Waals surface area contributed by atoms with Crippen molar-refractivity contribution in [3.63, 3.8) is 0 Å². The molecule has 2 aliphatic carbocycles. The lowest BCUT2D eigenvalue weighted by molar-refractivity contribution is -0.141. The summed E-state index contributed by atoms with van der Waals surface area (Å²) in [5.41, 5.74) is -0.265. The summed E-state index contributed by atoms with van der Waals surface area (Å²) in [5.74, 6) is -2.81. The Morgan fingerprint density at radius 1 is 1.02 bits per heavy atom. The summed E-state index contributed by atoms with van der Waals surface area (Å²) < 4.78 is 39.2. The Morgan fingerprint density at radius 3 is 2.47 bits per heavy atom. The zero-order chi connectivity index (χ0) is 39.7. The predicted octanol–water partition coefficient (Wildman–Crippen LogP) is 2.75. The van der Waals surface area contributed by atoms with E-state index >= 15 is 0 Å². The van der Waals surface area contributed by atoms with Crippen molar-refractivity contribution in [3.05, 3.63) is 47.0 Å². The smallest absolute Gasteiger partial charge is 0.410 e. The van der Waals surface area contributed by atoms with E-state index in [-0.39, 0.29) is 44.8 Å². The molecule has 5 aliphatic rings. The normalized spacial score (nSPS) is 27.6. The lowest BCUT2D eigenvalue weighted by atomic mass is 10.0. The van der Waals surface area contributed by atoms with Crippen molar-refractivity contribution in [2.45, 2.75) is 133 Å². The highest BCUT2D eigenvalue weighted by Gasteiger charge is 2.62. The van der Waals surface area contributed by atoms with Crippen LogP contribution in [0.3, 0.4) is 0 Å². The fourth-order valence-corrected chi connectivity index (χ4v) is 8.81. The minimum Gasteiger partial charge on any atom is -0.444 e. The molecule has 0 aromatic heterocycles. The summed E-state index contributed by atoms with van der Waals surface area (Å²) in [6.45, 7) is 7.66. The second kappa shape index (κ2) is 15.8. The molecule has 1 saturated heterocycles. The molecule has 0 bridgehead atoms. The lowest BCUT2D eigenvalue weighted by Crippen LogP contribution is -2.58. The average Bonchev–Trinajstić information content (AvgIpc) is 3.99. The van der Waals surface area contributed by atoms with E-state index in [0.717, 1.165) is 24.0 Å². The van der Waals surface area contributed by atoms with E-state index in [1.165, 1.54) is 9.80 Å². The van der Waals surface area contributed by atoms with Gasteiger partial charge < -0.3 is 30.3 Å². The molecule has 1 aromatic rings. The Hall–Kier alpha value is -4.67. The van der Waals surface area contributed by atoms with Gasteiger partial charge in [-0.15, -0.1) is 0 Å². The number of hydrogen-bond donors (Lipinski definition) is 4. The van der Waals surface area contributed by atoms with Gasteiger partial charge in [0.05, 0.1) is 11.8 Å². The second-order valence-corrected chi connectivity index (χ2v) is 18.1. The second-order valence-electron chi connectivity index (χ2n) is 16.2. The predicted molar refractivity (Wildman–Crippen MR) is 199 cm³/mol. The number of carbonyl (C=O) groups excluding carboxylic acids is 6. The van der Waals surface area contributed by atoms with E-state index in [9.17, 15) is 37.2 Å². The van der Waals surface area contributed by atoms with Gasteiger partial charge in [-0.2, -0.15) is 0 Å². The van der Waals surface area contributed by atoms with E-state index in [1.807, 2.05) is 19.1 Å². The van der Waals surface area contributed by atoms with Crippen LogP contribution in [0.1, 0.15) is 107 Å². The van der Waals surface area contributed by atoms with Crippen LogP contribution in [0.4, 0.5) is 9.59 Å². The molecule has 4 N–H and O–H groups in total. The van der Waals surface area contributed by atoms with Crippen LogP contribution < -0.4 is 20.7 Å². The minimum absolute atomic E-state index is 0.108. The number of rotatable bonds is 7. The van der Waals surface area contributed by atoms with E-state index in [0.29, 0.717) is 37.8 Å². The maximum atomic E-state index is 14.4. The van der Waals surface area contributed by atoms with Gasteiger partial charge in [-0.05, 0) is 89.5 Å². The molecule has 1 aromatic carbocycles. The first kappa shape index (κ1) is 40.0. The molecule has 6 rings (SSSR count). The lowest BCUT2D eigenvalue weighted by Gasteiger charge is -2.30. The number of allylic oxidation sites excluding steroid dienone is 1. The van der Waals surface area contributed by atoms with Gasteiger partial charge in [0.2, 0.25) is 21.8 Å². The SMILES string of the molecule is CCNC(=O)c1ccc2c(c1)CN(C(=O)O[C@@H]1C[C@H]3C(=O)N[C@]4(C(=O)NS(=O)(=O)C5CC5)C[C@@H]4/C=C\CCCCC[C@H](NC(=O)OC(C)(C)C)C(=O)N3C1)C2. The first-order chi connectivity index (χ1) is 26.0. The van der Waals surface area contributed by atoms with Crippen LogP contribution in [0.15, 0.2) is 30.4 Å². The van der Waals surface area contributed by atoms with Crippen LogP contribution in [-0.2, 0) is 47.0 Å². The first-order valence-electron chi connectivity index (χ1n) is 19.2. The Bertz CT molecular complexity index is 1860. The Kier molecular flexibility index (Phi) is 11.5. The number of carbonyl (C=O) groups is 6. The van der Waals surface area contributed by atoms with Crippen molar-refractivity contribution < 1.29 is 46.7 Å². The molecule has 300 valence electrons. The molecule has 0 radical (unpaired) electrons. The number of sulfonamides is 1. The van der Waals surface area contributed by atoms with Crippen LogP contribution in [-0.4, -0.2) is 102 Å². The molecule has 5 atom stereocenters. The van der Waals surface area contributed by atoms with Gasteiger partial charge in [0.1, 0.15) is 29.3 Å². The summed E-state index contributed by atoms with van der Waals surface area (Å²) >= 11 is 0. The number of alkyl carbamates (subject to hydrolysis) is 1. The third kappa shape index (κ3) is 9.42. The highest BCUT2D eigenvalue weighted by Crippen LogP contribution is 2.46. The van der Waals surface area contributed by atoms with E-state index in [4.69, 9.17) is 9.47 Å². The molecule has 3 fully saturated rings. The zero-order valence-corrected chi connectivity index (χ0v) is 32.7. The van der Waals surface area contributed by atoms with Crippen molar-refractivity contribution in [2.24, 2.45) is 5.92 Å². The first-order valence-corrected chi connectivity index (χ1v) is 20.7. The number of hydrogen-bond acceptors (Lipinski definition) is 10. The topological polar surface area (TPSA) is 210 Å². The standard InChI is InChI=1S/C38H52N6O10S/c1-5-39-31(45)23-13-14-24-20-43(21-25(24)17-23)36(50)53-27-18-30-32(46)41-38(34(48)42-55(51,52)28-15-16-28)19-26(38)11-9-7-6-8-10-12-29(33(47)44(30)22-27)40-35(49)54-37(2,3)4/h9,11,13-14,17,26-30H,5-8,10,12,15-16,18-22H2,1-4H3,(H,39,45)(H,40,49)(H,41,46)(H,42,48)/b11-9-/t26-,27+,29-,30-,38+/m0/s1. The Morgan fingerprint density at radius 2 is 1.76 bits per heavy atom. The number of benzene rings is 1. The highest BCUT2D eigenvalue weighted by atomic mass is 32.2. The molecule has 3 aliphatic heterocycles. The van der Waals surface area contributed by atoms with E-state index in [1.54, 1.807) is 39.0 Å². The number of amides is 6. The molecule has 0 spiro atoms. The van der Waals surface area contributed by atoms with E-state index < -0.39 is 80.4 Å². The third-order valence-electron chi connectivity index (χ3n) is 10.6. The molecular weight excluding hydrogens is 733 g/mol. The number of nitrogens with zero attached hydrogens (tertiary/aromatic N) is 2. The zero-order valence-electron chi connectivity index (χ0n) is 31.9. The number of nitrogens with one attached hydrogen (secondary N) is 4. The molecule has 0 unspecified atom stereocenters. The van der Waals surface area contributed by atoms with Gasteiger partial charge in [-0.25, -0.2) is 18.0 Å². The largest absolute Gasteiger partial charge is 0.444 e. The van der Waals surface area contributed by atoms with Gasteiger partial charge in [-0.1, -0.05) is 31.1 Å². The Balaban J connectivity index is 1.23. The van der Waals surface area contributed by atoms with Crippen molar-refractivity contribution in [1.29, 1.82) is 0 Å². The fraction of sp³-hybridized carbons (Fsp3) is 0.632. The van der Waals surface area contributed by atoms with Crippen LogP contribution in [0.5, 0.6) is 0 Å². The monoisotopic (exact) mass is 784 g/mol. The summed E-state index contributed by atoms with van der Waals surface area (Å²) in [7, 11) is -3.92. The maximum absolute atomic E-state index is 14.4. The molecule has 2 saturated carbocycles. The summed E-state index contributed by atoms with van der Waals surface area (Å²) in [5, 5.41) is 7.60. The number of fused-ring (bicyclic) bond motifs is 3. The third-order valence-corrected chi connectivity index (χ3v) is 12.4. The van der Waals surface area contributed by atoms with Crippen LogP contribution >= 0.6 is 0 Å². The molecular formula is C38H52N6O10S. The Labute approximate surface area is 321 Å². The fourth-order valence-electron chi connectivity index (χ4n) is 7.44. The average molecular weight is 785 g/mol. The summed E-state index contributed by atoms with van der Waals surface area (Å²) in [6.07, 6.45) is 5.28. The summed E-state index contributed by atoms with van der Waals surface area (Å²) in [4.78, 5) is 83.9. The molecule has 6 amide bonds. The summed E-state index contributed by atoms with van der Waals surface area (Å²) in [6, 6.07) is 2.94. The van der Waals surface area contributed by atoms with Crippen LogP contribution in [0.2, 0.25) is 0 Å². The maximum Gasteiger partial charge on any atom is 0.410 e. The van der Waals surface area contributed by atoms with E-state index in [2.05, 4.69) is 20.7 Å². The quantitative estimate of drug-likeness (QED) is 0.297. The van der Waals surface area contributed by atoms with Gasteiger partial charge in [0.15, 0.2) is 0 Å². The van der Waals surface area contributed by atoms with Crippen molar-refractivity contribution in [3.8, 4) is 0 Å². The molecule has 55 heavy (non-hydrogen) atoms. The van der Waals surface area contributed by atoms with Crippen LogP contribution in [0.25, 0.3) is 0 Å². The van der Waals surface area contributed by atoms with Crippen molar-refractivity contribution in [2.75, 3.05) is 13.1 Å². The highest BCUT2D eigenvalue weighted by molar-refractivity contribution is 7.91. The number of ether oxygens (including phenoxy) is 2.